The van der Waals surface area contributed by atoms with Crippen LogP contribution in [0.3, 0.4) is 0 Å². The summed E-state index contributed by atoms with van der Waals surface area (Å²) >= 11 is 1.65. The topological polar surface area (TPSA) is 53.4 Å². The zero-order valence-corrected chi connectivity index (χ0v) is 10.7. The number of hydrogen-bond donors (Lipinski definition) is 1. The van der Waals surface area contributed by atoms with Crippen molar-refractivity contribution in [3.8, 4) is 0 Å². The molecule has 0 spiro atoms. The molecule has 3 rings (SSSR count). The second-order valence-corrected chi connectivity index (χ2v) is 5.54. The van der Waals surface area contributed by atoms with Crippen molar-refractivity contribution in [2.24, 2.45) is 0 Å². The molecule has 18 heavy (non-hydrogen) atoms. The third kappa shape index (κ3) is 2.31. The van der Waals surface area contributed by atoms with Crippen LogP contribution in [0.1, 0.15) is 19.3 Å². The number of aromatic nitrogens is 1. The van der Waals surface area contributed by atoms with E-state index in [2.05, 4.69) is 16.0 Å². The Morgan fingerprint density at radius 2 is 2.22 bits per heavy atom. The molecule has 5 heteroatoms. The summed E-state index contributed by atoms with van der Waals surface area (Å²) in [4.78, 5) is 17.5. The molecule has 1 aliphatic carbocycles. The highest BCUT2D eigenvalue weighted by atomic mass is 32.1. The van der Waals surface area contributed by atoms with Crippen LogP contribution >= 0.6 is 11.3 Å². The van der Waals surface area contributed by atoms with Crippen molar-refractivity contribution in [1.29, 1.82) is 0 Å². The van der Waals surface area contributed by atoms with Crippen LogP contribution in [0.2, 0.25) is 0 Å². The van der Waals surface area contributed by atoms with Crippen LogP contribution in [0.15, 0.2) is 24.3 Å². The van der Waals surface area contributed by atoms with Gasteiger partial charge in [0.1, 0.15) is 0 Å². The number of hydrogen-bond acceptors (Lipinski definition) is 4. The number of anilines is 1. The Hall–Kier alpha value is -1.62. The van der Waals surface area contributed by atoms with Crippen LogP contribution in [0.5, 0.6) is 0 Å². The van der Waals surface area contributed by atoms with Gasteiger partial charge in [-0.3, -0.25) is 4.79 Å². The molecular formula is C13H14N2O2S. The molecule has 1 aromatic carbocycles. The molecule has 1 N–H and O–H groups in total. The molecule has 0 saturated heterocycles. The summed E-state index contributed by atoms with van der Waals surface area (Å²) in [6.45, 7) is 0.555. The average molecular weight is 262 g/mol. The second kappa shape index (κ2) is 4.57. The quantitative estimate of drug-likeness (QED) is 0.900. The molecule has 1 saturated carbocycles. The van der Waals surface area contributed by atoms with Gasteiger partial charge in [-0.15, -0.1) is 0 Å². The first-order chi connectivity index (χ1) is 8.74. The van der Waals surface area contributed by atoms with Gasteiger partial charge >= 0.3 is 5.97 Å². The highest BCUT2D eigenvalue weighted by Gasteiger charge is 2.31. The van der Waals surface area contributed by atoms with Gasteiger partial charge < -0.3 is 10.0 Å². The smallest absolute Gasteiger partial charge is 0.305 e. The standard InChI is InChI=1S/C13H14N2O2S/c16-12(17)7-8-15(9-5-6-9)13-14-10-3-1-2-4-11(10)18-13/h1-4,9H,5-8H2,(H,16,17). The van der Waals surface area contributed by atoms with Crippen LogP contribution in [0.25, 0.3) is 10.2 Å². The lowest BCUT2D eigenvalue weighted by molar-refractivity contribution is -0.136. The summed E-state index contributed by atoms with van der Waals surface area (Å²) in [7, 11) is 0. The van der Waals surface area contributed by atoms with E-state index in [9.17, 15) is 4.79 Å². The molecule has 1 heterocycles. The second-order valence-electron chi connectivity index (χ2n) is 4.53. The van der Waals surface area contributed by atoms with Crippen LogP contribution in [-0.4, -0.2) is 28.6 Å². The van der Waals surface area contributed by atoms with E-state index in [1.807, 2.05) is 18.2 Å². The highest BCUT2D eigenvalue weighted by molar-refractivity contribution is 7.22. The van der Waals surface area contributed by atoms with E-state index in [0.29, 0.717) is 12.6 Å². The number of rotatable bonds is 5. The fourth-order valence-electron chi connectivity index (χ4n) is 2.02. The van der Waals surface area contributed by atoms with E-state index >= 15 is 0 Å². The lowest BCUT2D eigenvalue weighted by Crippen LogP contribution is -2.28. The molecule has 4 nitrogen and oxygen atoms in total. The van der Waals surface area contributed by atoms with Gasteiger partial charge in [-0.2, -0.15) is 0 Å². The number of fused-ring (bicyclic) bond motifs is 1. The van der Waals surface area contributed by atoms with Gasteiger partial charge in [0.05, 0.1) is 16.6 Å². The first-order valence-corrected chi connectivity index (χ1v) is 6.90. The molecule has 0 atom stereocenters. The summed E-state index contributed by atoms with van der Waals surface area (Å²) in [5, 5.41) is 9.77. The number of carbonyl (C=O) groups is 1. The number of aliphatic carboxylic acids is 1. The van der Waals surface area contributed by atoms with Crippen molar-refractivity contribution in [3.05, 3.63) is 24.3 Å². The molecule has 1 aromatic heterocycles. The Morgan fingerprint density at radius 3 is 2.89 bits per heavy atom. The van der Waals surface area contributed by atoms with Gasteiger partial charge in [0, 0.05) is 12.6 Å². The fourth-order valence-corrected chi connectivity index (χ4v) is 3.08. The van der Waals surface area contributed by atoms with Crippen molar-refractivity contribution in [1.82, 2.24) is 4.98 Å². The number of benzene rings is 1. The molecule has 2 aromatic rings. The summed E-state index contributed by atoms with van der Waals surface area (Å²) < 4.78 is 1.16. The maximum atomic E-state index is 10.7. The third-order valence-electron chi connectivity index (χ3n) is 3.08. The summed E-state index contributed by atoms with van der Waals surface area (Å²) in [6, 6.07) is 8.52. The first kappa shape index (κ1) is 11.5. The highest BCUT2D eigenvalue weighted by Crippen LogP contribution is 2.36. The number of para-hydroxylation sites is 1. The van der Waals surface area contributed by atoms with Crippen molar-refractivity contribution in [2.45, 2.75) is 25.3 Å². The molecule has 0 aliphatic heterocycles. The minimum absolute atomic E-state index is 0.173. The number of thiazole rings is 1. The van der Waals surface area contributed by atoms with E-state index in [0.717, 1.165) is 28.2 Å². The Bertz CT molecular complexity index is 544. The summed E-state index contributed by atoms with van der Waals surface area (Å²) in [6.07, 6.45) is 2.47. The number of carboxylic acid groups (broad SMARTS) is 1. The Labute approximate surface area is 109 Å². The van der Waals surface area contributed by atoms with Crippen LogP contribution in [-0.2, 0) is 4.79 Å². The molecule has 1 aliphatic rings. The molecule has 0 bridgehead atoms. The van der Waals surface area contributed by atoms with E-state index < -0.39 is 5.97 Å². The van der Waals surface area contributed by atoms with E-state index in [-0.39, 0.29) is 6.42 Å². The van der Waals surface area contributed by atoms with E-state index in [1.54, 1.807) is 11.3 Å². The number of nitrogens with zero attached hydrogens (tertiary/aromatic N) is 2. The summed E-state index contributed by atoms with van der Waals surface area (Å²) in [5.74, 6) is -0.748. The maximum absolute atomic E-state index is 10.7. The zero-order chi connectivity index (χ0) is 12.5. The van der Waals surface area contributed by atoms with Crippen LogP contribution < -0.4 is 4.90 Å². The van der Waals surface area contributed by atoms with Crippen molar-refractivity contribution >= 4 is 32.7 Å². The minimum Gasteiger partial charge on any atom is -0.481 e. The predicted molar refractivity (Wildman–Crippen MR) is 72.2 cm³/mol. The monoisotopic (exact) mass is 262 g/mol. The average Bonchev–Trinajstić information content (AvgIpc) is 3.08. The predicted octanol–water partition coefficient (Wildman–Crippen LogP) is 2.74. The van der Waals surface area contributed by atoms with E-state index in [4.69, 9.17) is 5.11 Å². The van der Waals surface area contributed by atoms with E-state index in [1.165, 1.54) is 0 Å². The van der Waals surface area contributed by atoms with Gasteiger partial charge in [-0.25, -0.2) is 4.98 Å². The molecular weight excluding hydrogens is 248 g/mol. The largest absolute Gasteiger partial charge is 0.481 e. The molecule has 0 amide bonds. The number of carboxylic acids is 1. The molecule has 1 fully saturated rings. The molecule has 0 unspecified atom stereocenters. The normalized spacial score (nSPS) is 14.9. The van der Waals surface area contributed by atoms with Crippen molar-refractivity contribution in [2.75, 3.05) is 11.4 Å². The van der Waals surface area contributed by atoms with Gasteiger partial charge in [0.2, 0.25) is 0 Å². The fraction of sp³-hybridized carbons (Fsp3) is 0.385. The van der Waals surface area contributed by atoms with Gasteiger partial charge in [0.25, 0.3) is 0 Å². The Morgan fingerprint density at radius 1 is 1.44 bits per heavy atom. The lowest BCUT2D eigenvalue weighted by Gasteiger charge is -2.20. The lowest BCUT2D eigenvalue weighted by atomic mass is 10.3. The SMILES string of the molecule is O=C(O)CCN(c1nc2ccccc2s1)C1CC1. The first-order valence-electron chi connectivity index (χ1n) is 6.08. The van der Waals surface area contributed by atoms with Gasteiger partial charge in [-0.1, -0.05) is 23.5 Å². The Kier molecular flexibility index (Phi) is 2.91. The van der Waals surface area contributed by atoms with Gasteiger partial charge in [0.15, 0.2) is 5.13 Å². The maximum Gasteiger partial charge on any atom is 0.305 e. The molecule has 0 radical (unpaired) electrons. The Balaban J connectivity index is 1.86. The summed E-state index contributed by atoms with van der Waals surface area (Å²) in [5.41, 5.74) is 0.999. The minimum atomic E-state index is -0.748. The van der Waals surface area contributed by atoms with Crippen molar-refractivity contribution < 1.29 is 9.90 Å². The van der Waals surface area contributed by atoms with Gasteiger partial charge in [-0.05, 0) is 25.0 Å². The van der Waals surface area contributed by atoms with Crippen LogP contribution in [0.4, 0.5) is 5.13 Å². The van der Waals surface area contributed by atoms with Crippen molar-refractivity contribution in [3.63, 3.8) is 0 Å². The molecule has 94 valence electrons. The zero-order valence-electron chi connectivity index (χ0n) is 9.87. The third-order valence-corrected chi connectivity index (χ3v) is 4.16. The van der Waals surface area contributed by atoms with Crippen LogP contribution in [0, 0.1) is 0 Å².